The molecule has 0 N–H and O–H groups in total. The van der Waals surface area contributed by atoms with E-state index >= 15 is 0 Å². The van der Waals surface area contributed by atoms with Crippen LogP contribution in [-0.2, 0) is 0 Å². The summed E-state index contributed by atoms with van der Waals surface area (Å²) in [5.74, 6) is 0. The van der Waals surface area contributed by atoms with Crippen molar-refractivity contribution in [1.82, 2.24) is 0 Å². The lowest BCUT2D eigenvalue weighted by Crippen LogP contribution is -1.77. The van der Waals surface area contributed by atoms with Crippen LogP contribution >= 0.6 is 11.3 Å². The van der Waals surface area contributed by atoms with Crippen LogP contribution in [0.25, 0.3) is 21.2 Å². The lowest BCUT2D eigenvalue weighted by atomic mass is 10.0. The summed E-state index contributed by atoms with van der Waals surface area (Å²) < 4.78 is 0. The molecule has 0 aliphatic carbocycles. The van der Waals surface area contributed by atoms with Crippen molar-refractivity contribution in [2.24, 2.45) is 0 Å². The highest BCUT2D eigenvalue weighted by molar-refractivity contribution is 7.13. The molecule has 3 aromatic rings. The second-order valence-corrected chi connectivity index (χ2v) is 4.91. The highest BCUT2D eigenvalue weighted by atomic mass is 32.1. The van der Waals surface area contributed by atoms with Crippen molar-refractivity contribution < 1.29 is 0 Å². The quantitative estimate of drug-likeness (QED) is 0.553. The maximum Gasteiger partial charge on any atom is 0.0372 e. The van der Waals surface area contributed by atoms with E-state index in [0.29, 0.717) is 0 Å². The summed E-state index contributed by atoms with van der Waals surface area (Å²) in [7, 11) is 0. The number of hydrogen-bond acceptors (Lipinski definition) is 1. The molecule has 1 heteroatoms. The number of fused-ring (bicyclic) bond motifs is 1. The molecule has 0 aliphatic heterocycles. The average molecular weight is 224 g/mol. The van der Waals surface area contributed by atoms with Crippen LogP contribution < -0.4 is 0 Å². The Balaban J connectivity index is 2.23. The second kappa shape index (κ2) is 3.76. The van der Waals surface area contributed by atoms with E-state index in [9.17, 15) is 0 Å². The molecule has 0 nitrogen and oxygen atoms in total. The highest BCUT2D eigenvalue weighted by Gasteiger charge is 2.03. The van der Waals surface area contributed by atoms with Gasteiger partial charge in [-0.2, -0.15) is 0 Å². The topological polar surface area (TPSA) is 0 Å². The number of hydrogen-bond donors (Lipinski definition) is 0. The Labute approximate surface area is 99.2 Å². The Morgan fingerprint density at radius 2 is 1.69 bits per heavy atom. The van der Waals surface area contributed by atoms with E-state index in [1.54, 1.807) is 0 Å². The lowest BCUT2D eigenvalue weighted by Gasteiger charge is -2.02. The molecule has 0 saturated carbocycles. The fourth-order valence-corrected chi connectivity index (χ4v) is 2.92. The zero-order valence-electron chi connectivity index (χ0n) is 9.10. The van der Waals surface area contributed by atoms with Gasteiger partial charge >= 0.3 is 0 Å². The summed E-state index contributed by atoms with van der Waals surface area (Å²) in [5, 5.41) is 4.77. The van der Waals surface area contributed by atoms with Crippen molar-refractivity contribution in [1.29, 1.82) is 0 Å². The molecule has 0 saturated heterocycles. The van der Waals surface area contributed by atoms with Crippen molar-refractivity contribution in [3.05, 3.63) is 59.5 Å². The Bertz CT molecular complexity index is 634. The minimum atomic E-state index is 1.31. The summed E-state index contributed by atoms with van der Waals surface area (Å²) in [6.45, 7) is 2.17. The molecule has 2 aromatic carbocycles. The first-order valence-corrected chi connectivity index (χ1v) is 6.26. The van der Waals surface area contributed by atoms with E-state index in [1.807, 2.05) is 11.3 Å². The Morgan fingerprint density at radius 1 is 0.875 bits per heavy atom. The first-order chi connectivity index (χ1) is 7.84. The normalized spacial score (nSPS) is 10.8. The van der Waals surface area contributed by atoms with Crippen LogP contribution in [0.15, 0.2) is 53.9 Å². The number of rotatable bonds is 1. The molecule has 1 aromatic heterocycles. The van der Waals surface area contributed by atoms with Crippen molar-refractivity contribution in [2.75, 3.05) is 0 Å². The summed E-state index contributed by atoms with van der Waals surface area (Å²) in [6, 6.07) is 17.3. The van der Waals surface area contributed by atoms with Gasteiger partial charge in [0.15, 0.2) is 0 Å². The van der Waals surface area contributed by atoms with Crippen molar-refractivity contribution in [3.8, 4) is 10.4 Å². The second-order valence-electron chi connectivity index (χ2n) is 3.99. The summed E-state index contributed by atoms with van der Waals surface area (Å²) in [6.07, 6.45) is 0. The molecular weight excluding hydrogens is 212 g/mol. The fraction of sp³-hybridized carbons (Fsp3) is 0.0667. The monoisotopic (exact) mass is 224 g/mol. The molecule has 0 bridgehead atoms. The Kier molecular flexibility index (Phi) is 2.26. The van der Waals surface area contributed by atoms with Gasteiger partial charge in [0.25, 0.3) is 0 Å². The van der Waals surface area contributed by atoms with Crippen LogP contribution in [-0.4, -0.2) is 0 Å². The molecule has 0 aliphatic rings. The van der Waals surface area contributed by atoms with E-state index in [2.05, 4.69) is 60.8 Å². The van der Waals surface area contributed by atoms with Gasteiger partial charge < -0.3 is 0 Å². The Hall–Kier alpha value is -1.60. The smallest absolute Gasteiger partial charge is 0.0372 e. The van der Waals surface area contributed by atoms with Gasteiger partial charge in [-0.1, -0.05) is 36.4 Å². The van der Waals surface area contributed by atoms with Gasteiger partial charge in [-0.25, -0.2) is 0 Å². The highest BCUT2D eigenvalue weighted by Crippen LogP contribution is 2.31. The van der Waals surface area contributed by atoms with Crippen molar-refractivity contribution in [2.45, 2.75) is 6.92 Å². The number of benzene rings is 2. The fourth-order valence-electron chi connectivity index (χ4n) is 2.00. The minimum absolute atomic E-state index is 1.31. The van der Waals surface area contributed by atoms with Crippen LogP contribution in [0.2, 0.25) is 0 Å². The van der Waals surface area contributed by atoms with Gasteiger partial charge in [-0.05, 0) is 46.3 Å². The molecule has 1 heterocycles. The molecule has 0 unspecified atom stereocenters. The zero-order chi connectivity index (χ0) is 11.0. The first kappa shape index (κ1) is 9.61. The molecule has 16 heavy (non-hydrogen) atoms. The van der Waals surface area contributed by atoms with Gasteiger partial charge in [-0.15, -0.1) is 11.3 Å². The molecule has 3 rings (SSSR count). The summed E-state index contributed by atoms with van der Waals surface area (Å²) >= 11 is 1.81. The van der Waals surface area contributed by atoms with E-state index in [1.165, 1.54) is 26.8 Å². The Morgan fingerprint density at radius 3 is 2.44 bits per heavy atom. The van der Waals surface area contributed by atoms with Gasteiger partial charge in [0.05, 0.1) is 0 Å². The predicted molar refractivity (Wildman–Crippen MR) is 72.0 cm³/mol. The average Bonchev–Trinajstić information content (AvgIpc) is 2.75. The van der Waals surface area contributed by atoms with Crippen molar-refractivity contribution in [3.63, 3.8) is 0 Å². The van der Waals surface area contributed by atoms with Gasteiger partial charge in [0.1, 0.15) is 0 Å². The molecule has 78 valence electrons. The number of aryl methyl sites for hydroxylation is 1. The van der Waals surface area contributed by atoms with Crippen LogP contribution in [0.1, 0.15) is 5.56 Å². The maximum atomic E-state index is 2.27. The lowest BCUT2D eigenvalue weighted by molar-refractivity contribution is 1.54. The van der Waals surface area contributed by atoms with Gasteiger partial charge in [0, 0.05) is 4.88 Å². The maximum absolute atomic E-state index is 2.27. The van der Waals surface area contributed by atoms with E-state index in [4.69, 9.17) is 0 Å². The van der Waals surface area contributed by atoms with Crippen LogP contribution in [0.4, 0.5) is 0 Å². The molecule has 0 atom stereocenters. The standard InChI is InChI=1S/C15H12S/c1-11-8-9-16-15(11)14-7-6-12-4-2-3-5-13(12)10-14/h2-10H,1H3. The molecular formula is C15H12S. The molecule has 0 amide bonds. The first-order valence-electron chi connectivity index (χ1n) is 5.38. The van der Waals surface area contributed by atoms with Crippen molar-refractivity contribution >= 4 is 22.1 Å². The SMILES string of the molecule is Cc1ccsc1-c1ccc2ccccc2c1. The summed E-state index contributed by atoms with van der Waals surface area (Å²) in [5.41, 5.74) is 2.69. The minimum Gasteiger partial charge on any atom is -0.144 e. The van der Waals surface area contributed by atoms with Gasteiger partial charge in [0.2, 0.25) is 0 Å². The van der Waals surface area contributed by atoms with Crippen LogP contribution in [0.5, 0.6) is 0 Å². The largest absolute Gasteiger partial charge is 0.144 e. The predicted octanol–water partition coefficient (Wildman–Crippen LogP) is 4.88. The third kappa shape index (κ3) is 1.54. The summed E-state index contributed by atoms with van der Waals surface area (Å²) in [4.78, 5) is 1.38. The zero-order valence-corrected chi connectivity index (χ0v) is 9.92. The van der Waals surface area contributed by atoms with E-state index < -0.39 is 0 Å². The van der Waals surface area contributed by atoms with E-state index in [-0.39, 0.29) is 0 Å². The van der Waals surface area contributed by atoms with Gasteiger partial charge in [-0.3, -0.25) is 0 Å². The third-order valence-corrected chi connectivity index (χ3v) is 3.94. The molecule has 0 fully saturated rings. The van der Waals surface area contributed by atoms with Crippen LogP contribution in [0.3, 0.4) is 0 Å². The van der Waals surface area contributed by atoms with Crippen LogP contribution in [0, 0.1) is 6.92 Å². The van der Waals surface area contributed by atoms with E-state index in [0.717, 1.165) is 0 Å². The molecule has 0 spiro atoms. The molecule has 0 radical (unpaired) electrons. The number of thiophene rings is 1. The third-order valence-electron chi connectivity index (χ3n) is 2.87.